The quantitative estimate of drug-likeness (QED) is 0.485. The Morgan fingerprint density at radius 2 is 1.57 bits per heavy atom. The molecule has 2 aromatic rings. The number of hydrogen-bond acceptors (Lipinski definition) is 1. The number of aromatic nitrogens is 1. The fraction of sp³-hybridized carbons (Fsp3) is 0.526. The highest BCUT2D eigenvalue weighted by Gasteiger charge is 2.45. The highest BCUT2D eigenvalue weighted by molar-refractivity contribution is 6.82. The molecular weight excluding hydrogens is 305 g/mol. The van der Waals surface area contributed by atoms with E-state index in [1.54, 1.807) is 12.1 Å². The Kier molecular flexibility index (Phi) is 4.86. The minimum atomic E-state index is -1.92. The minimum absolute atomic E-state index is 0.182. The van der Waals surface area contributed by atoms with Gasteiger partial charge in [0.05, 0.1) is 5.56 Å². The van der Waals surface area contributed by atoms with Crippen molar-refractivity contribution < 1.29 is 9.18 Å². The van der Waals surface area contributed by atoms with Crippen molar-refractivity contribution >= 4 is 24.9 Å². The fourth-order valence-corrected chi connectivity index (χ4v) is 11.2. The number of benzene rings is 1. The first-order valence-electron chi connectivity index (χ1n) is 8.46. The van der Waals surface area contributed by atoms with Crippen LogP contribution < -0.4 is 0 Å². The molecule has 0 fully saturated rings. The zero-order chi connectivity index (χ0) is 17.5. The third-order valence-corrected chi connectivity index (χ3v) is 12.1. The number of halogens is 1. The molecule has 0 spiro atoms. The molecule has 0 atom stereocenters. The molecule has 23 heavy (non-hydrogen) atoms. The van der Waals surface area contributed by atoms with Gasteiger partial charge in [-0.3, -0.25) is 4.79 Å². The summed E-state index contributed by atoms with van der Waals surface area (Å²) in [4.78, 5) is 11.6. The van der Waals surface area contributed by atoms with Crippen LogP contribution >= 0.6 is 0 Å². The van der Waals surface area contributed by atoms with Crippen LogP contribution in [0.4, 0.5) is 4.39 Å². The molecule has 1 heterocycles. The molecular formula is C19H28FNOSi. The third-order valence-electron chi connectivity index (χ3n) is 5.35. The first-order chi connectivity index (χ1) is 10.6. The Labute approximate surface area is 139 Å². The molecule has 0 unspecified atom stereocenters. The highest BCUT2D eigenvalue weighted by atomic mass is 28.3. The zero-order valence-electron chi connectivity index (χ0n) is 15.3. The Morgan fingerprint density at radius 1 is 1.04 bits per heavy atom. The van der Waals surface area contributed by atoms with E-state index in [9.17, 15) is 9.18 Å². The summed E-state index contributed by atoms with van der Waals surface area (Å²) in [5.41, 5.74) is 2.72. The van der Waals surface area contributed by atoms with Crippen LogP contribution in [0, 0.1) is 5.82 Å². The molecule has 0 N–H and O–H groups in total. The molecule has 0 aliphatic rings. The van der Waals surface area contributed by atoms with E-state index < -0.39 is 14.1 Å². The molecule has 126 valence electrons. The lowest BCUT2D eigenvalue weighted by Crippen LogP contribution is -2.51. The summed E-state index contributed by atoms with van der Waals surface area (Å²) in [6, 6.07) is 5.28. The van der Waals surface area contributed by atoms with Gasteiger partial charge in [0, 0.05) is 5.52 Å². The maximum atomic E-state index is 14.4. The molecule has 0 aliphatic heterocycles. The second kappa shape index (κ2) is 6.23. The standard InChI is InChI=1S/C19H28FNOSi/c1-12(2)23(13(3)4,14(5)6)21-9-8-16-10-17(15(7)22)18(20)11-19(16)21/h8-14H,1-7H3. The summed E-state index contributed by atoms with van der Waals surface area (Å²) >= 11 is 0. The lowest BCUT2D eigenvalue weighted by atomic mass is 10.1. The van der Waals surface area contributed by atoms with E-state index in [0.717, 1.165) is 10.9 Å². The topological polar surface area (TPSA) is 22.0 Å². The third kappa shape index (κ3) is 2.67. The number of carbonyl (C=O) groups excluding carboxylic acids is 1. The highest BCUT2D eigenvalue weighted by Crippen LogP contribution is 2.44. The molecule has 1 aromatic heterocycles. The van der Waals surface area contributed by atoms with Crippen LogP contribution in [0.25, 0.3) is 10.9 Å². The number of hydrogen-bond donors (Lipinski definition) is 0. The van der Waals surface area contributed by atoms with Gasteiger partial charge in [0.2, 0.25) is 0 Å². The summed E-state index contributed by atoms with van der Waals surface area (Å²) in [6.07, 6.45) is 2.11. The molecule has 0 radical (unpaired) electrons. The Bertz CT molecular complexity index is 709. The predicted molar refractivity (Wildman–Crippen MR) is 98.3 cm³/mol. The summed E-state index contributed by atoms with van der Waals surface area (Å²) < 4.78 is 16.8. The predicted octanol–water partition coefficient (Wildman–Crippen LogP) is 6.01. The lowest BCUT2D eigenvalue weighted by molar-refractivity contribution is 0.101. The number of Topliss-reactive ketones (excluding diaryl/α,β-unsaturated/α-hetero) is 1. The van der Waals surface area contributed by atoms with Crippen LogP contribution in [-0.2, 0) is 0 Å². The van der Waals surface area contributed by atoms with Gasteiger partial charge >= 0.3 is 0 Å². The molecule has 0 saturated heterocycles. The minimum Gasteiger partial charge on any atom is -0.373 e. The molecule has 1 aromatic carbocycles. The van der Waals surface area contributed by atoms with Gasteiger partial charge in [0.15, 0.2) is 14.0 Å². The number of rotatable bonds is 5. The average Bonchev–Trinajstić information content (AvgIpc) is 2.80. The first-order valence-corrected chi connectivity index (χ1v) is 10.6. The van der Waals surface area contributed by atoms with E-state index >= 15 is 0 Å². The van der Waals surface area contributed by atoms with Crippen molar-refractivity contribution in [3.05, 3.63) is 35.8 Å². The number of carbonyl (C=O) groups is 1. The molecule has 0 bridgehead atoms. The van der Waals surface area contributed by atoms with Gasteiger partial charge in [-0.2, -0.15) is 0 Å². The maximum absolute atomic E-state index is 14.4. The Morgan fingerprint density at radius 3 is 2.00 bits per heavy atom. The molecule has 2 nitrogen and oxygen atoms in total. The number of ketones is 1. The van der Waals surface area contributed by atoms with E-state index in [0.29, 0.717) is 16.6 Å². The van der Waals surface area contributed by atoms with Crippen LogP contribution in [0.1, 0.15) is 58.8 Å². The summed E-state index contributed by atoms with van der Waals surface area (Å²) in [7, 11) is -1.92. The second-order valence-corrected chi connectivity index (χ2v) is 13.2. The van der Waals surface area contributed by atoms with Gasteiger partial charge in [-0.15, -0.1) is 0 Å². The SMILES string of the molecule is CC(=O)c1cc2ccn([Si](C(C)C)(C(C)C)C(C)C)c2cc1F. The first kappa shape index (κ1) is 17.9. The van der Waals surface area contributed by atoms with Crippen LogP contribution in [0.2, 0.25) is 16.6 Å². The van der Waals surface area contributed by atoms with Crippen molar-refractivity contribution in [3.63, 3.8) is 0 Å². The number of nitrogens with zero attached hydrogens (tertiary/aromatic N) is 1. The van der Waals surface area contributed by atoms with Gasteiger partial charge in [-0.1, -0.05) is 41.5 Å². The summed E-state index contributed by atoms with van der Waals surface area (Å²) in [5.74, 6) is -0.638. The molecule has 0 aliphatic carbocycles. The molecule has 0 saturated carbocycles. The van der Waals surface area contributed by atoms with Crippen LogP contribution in [0.3, 0.4) is 0 Å². The molecule has 0 amide bonds. The lowest BCUT2D eigenvalue weighted by Gasteiger charge is -2.44. The normalized spacial score (nSPS) is 12.8. The fourth-order valence-electron chi connectivity index (χ4n) is 4.60. The smallest absolute Gasteiger partial charge is 0.169 e. The second-order valence-electron chi connectivity index (χ2n) is 7.48. The summed E-state index contributed by atoms with van der Waals surface area (Å²) in [5, 5.41) is 0.954. The van der Waals surface area contributed by atoms with Gasteiger partial charge in [0.1, 0.15) is 5.82 Å². The maximum Gasteiger partial charge on any atom is 0.169 e. The van der Waals surface area contributed by atoms with Crippen molar-refractivity contribution in [2.24, 2.45) is 0 Å². The monoisotopic (exact) mass is 333 g/mol. The average molecular weight is 334 g/mol. The van der Waals surface area contributed by atoms with Gasteiger partial charge in [-0.05, 0) is 53.3 Å². The van der Waals surface area contributed by atoms with Crippen molar-refractivity contribution in [2.75, 3.05) is 0 Å². The van der Waals surface area contributed by atoms with Crippen molar-refractivity contribution in [1.82, 2.24) is 4.23 Å². The van der Waals surface area contributed by atoms with Crippen LogP contribution in [0.5, 0.6) is 0 Å². The zero-order valence-corrected chi connectivity index (χ0v) is 16.3. The van der Waals surface area contributed by atoms with Gasteiger partial charge in [-0.25, -0.2) is 4.39 Å². The number of fused-ring (bicyclic) bond motifs is 1. The van der Waals surface area contributed by atoms with Gasteiger partial charge in [0.25, 0.3) is 0 Å². The molecule has 2 rings (SSSR count). The summed E-state index contributed by atoms with van der Waals surface area (Å²) in [6.45, 7) is 15.2. The van der Waals surface area contributed by atoms with E-state index in [1.165, 1.54) is 6.92 Å². The van der Waals surface area contributed by atoms with Crippen molar-refractivity contribution in [3.8, 4) is 0 Å². The Balaban J connectivity index is 2.81. The van der Waals surface area contributed by atoms with E-state index in [2.05, 4.69) is 52.0 Å². The van der Waals surface area contributed by atoms with E-state index in [-0.39, 0.29) is 11.3 Å². The van der Waals surface area contributed by atoms with Gasteiger partial charge < -0.3 is 4.23 Å². The van der Waals surface area contributed by atoms with Crippen molar-refractivity contribution in [1.29, 1.82) is 0 Å². The Hall–Kier alpha value is -1.42. The van der Waals surface area contributed by atoms with Crippen molar-refractivity contribution in [2.45, 2.75) is 65.1 Å². The van der Waals surface area contributed by atoms with E-state index in [4.69, 9.17) is 0 Å². The van der Waals surface area contributed by atoms with E-state index in [1.807, 2.05) is 6.07 Å². The largest absolute Gasteiger partial charge is 0.373 e. The van der Waals surface area contributed by atoms with Crippen LogP contribution in [0.15, 0.2) is 24.4 Å². The molecule has 4 heteroatoms. The van der Waals surface area contributed by atoms with Crippen LogP contribution in [-0.4, -0.2) is 18.3 Å².